The van der Waals surface area contributed by atoms with E-state index < -0.39 is 0 Å². The van der Waals surface area contributed by atoms with Gasteiger partial charge in [-0.05, 0) is 24.8 Å². The summed E-state index contributed by atoms with van der Waals surface area (Å²) in [6.45, 7) is 2.22. The van der Waals surface area contributed by atoms with Crippen LogP contribution in [-0.4, -0.2) is 11.5 Å². The average Bonchev–Trinajstić information content (AvgIpc) is 2.19. The SMILES string of the molecule is CCCC1CC=NS1. The van der Waals surface area contributed by atoms with Gasteiger partial charge in [0.1, 0.15) is 0 Å². The van der Waals surface area contributed by atoms with Gasteiger partial charge in [-0.2, -0.15) is 0 Å². The summed E-state index contributed by atoms with van der Waals surface area (Å²) in [6.07, 6.45) is 5.83. The van der Waals surface area contributed by atoms with Gasteiger partial charge in [-0.25, -0.2) is 4.40 Å². The molecule has 1 aliphatic heterocycles. The number of hydrogen-bond acceptors (Lipinski definition) is 2. The van der Waals surface area contributed by atoms with Gasteiger partial charge >= 0.3 is 0 Å². The standard InChI is InChI=1S/C6H11NS/c1-2-3-6-4-5-7-8-6/h5-6H,2-4H2,1H3. The molecule has 0 radical (unpaired) electrons. The number of hydrogen-bond donors (Lipinski definition) is 0. The normalized spacial score (nSPS) is 26.9. The van der Waals surface area contributed by atoms with Gasteiger partial charge in [0, 0.05) is 11.5 Å². The first kappa shape index (κ1) is 6.14. The summed E-state index contributed by atoms with van der Waals surface area (Å²) in [5.41, 5.74) is 0. The molecule has 8 heavy (non-hydrogen) atoms. The fraction of sp³-hybridized carbons (Fsp3) is 0.833. The van der Waals surface area contributed by atoms with Crippen LogP contribution < -0.4 is 0 Å². The van der Waals surface area contributed by atoms with Crippen LogP contribution in [0.5, 0.6) is 0 Å². The lowest BCUT2D eigenvalue weighted by molar-refractivity contribution is 0.769. The van der Waals surface area contributed by atoms with Crippen LogP contribution in [0, 0.1) is 0 Å². The number of nitrogens with zero attached hydrogens (tertiary/aromatic N) is 1. The molecule has 1 rings (SSSR count). The molecule has 0 spiro atoms. The van der Waals surface area contributed by atoms with Crippen molar-refractivity contribution in [1.82, 2.24) is 0 Å². The highest BCUT2D eigenvalue weighted by Crippen LogP contribution is 2.24. The summed E-state index contributed by atoms with van der Waals surface area (Å²) in [5.74, 6) is 0. The Morgan fingerprint density at radius 1 is 1.88 bits per heavy atom. The van der Waals surface area contributed by atoms with Crippen molar-refractivity contribution in [1.29, 1.82) is 0 Å². The van der Waals surface area contributed by atoms with Crippen LogP contribution >= 0.6 is 11.9 Å². The monoisotopic (exact) mass is 129 g/mol. The molecular weight excluding hydrogens is 118 g/mol. The topological polar surface area (TPSA) is 12.4 Å². The molecule has 0 amide bonds. The lowest BCUT2D eigenvalue weighted by atomic mass is 10.2. The van der Waals surface area contributed by atoms with Crippen LogP contribution in [0.4, 0.5) is 0 Å². The second kappa shape index (κ2) is 3.13. The van der Waals surface area contributed by atoms with Crippen LogP contribution in [0.25, 0.3) is 0 Å². The van der Waals surface area contributed by atoms with Crippen LogP contribution in [0.1, 0.15) is 26.2 Å². The second-order valence-corrected chi connectivity index (χ2v) is 3.13. The molecular formula is C6H11NS. The van der Waals surface area contributed by atoms with Gasteiger partial charge in [0.05, 0.1) is 0 Å². The molecule has 1 heterocycles. The van der Waals surface area contributed by atoms with Crippen molar-refractivity contribution in [3.05, 3.63) is 0 Å². The lowest BCUT2D eigenvalue weighted by Crippen LogP contribution is -1.95. The van der Waals surface area contributed by atoms with Gasteiger partial charge in [0.25, 0.3) is 0 Å². The van der Waals surface area contributed by atoms with Crippen LogP contribution in [0.15, 0.2) is 4.40 Å². The van der Waals surface area contributed by atoms with E-state index in [1.165, 1.54) is 19.3 Å². The van der Waals surface area contributed by atoms with E-state index in [0.29, 0.717) is 0 Å². The minimum atomic E-state index is 0.806. The summed E-state index contributed by atoms with van der Waals surface area (Å²) in [7, 11) is 0. The van der Waals surface area contributed by atoms with Crippen LogP contribution in [-0.2, 0) is 0 Å². The Bertz CT molecular complexity index is 82.5. The predicted octanol–water partition coefficient (Wildman–Crippen LogP) is 2.28. The van der Waals surface area contributed by atoms with Gasteiger partial charge in [-0.3, -0.25) is 0 Å². The zero-order chi connectivity index (χ0) is 5.82. The van der Waals surface area contributed by atoms with Gasteiger partial charge in [-0.1, -0.05) is 13.3 Å². The fourth-order valence-corrected chi connectivity index (χ4v) is 1.68. The van der Waals surface area contributed by atoms with Crippen molar-refractivity contribution in [2.75, 3.05) is 0 Å². The van der Waals surface area contributed by atoms with E-state index in [4.69, 9.17) is 0 Å². The van der Waals surface area contributed by atoms with Gasteiger partial charge in [0.15, 0.2) is 0 Å². The Balaban J connectivity index is 2.10. The Hall–Kier alpha value is 0.0200. The maximum atomic E-state index is 4.08. The summed E-state index contributed by atoms with van der Waals surface area (Å²) in [4.78, 5) is 0. The van der Waals surface area contributed by atoms with E-state index in [1.54, 1.807) is 11.9 Å². The second-order valence-electron chi connectivity index (χ2n) is 2.04. The maximum absolute atomic E-state index is 4.08. The highest BCUT2D eigenvalue weighted by Gasteiger charge is 2.09. The van der Waals surface area contributed by atoms with E-state index >= 15 is 0 Å². The zero-order valence-corrected chi connectivity index (χ0v) is 5.95. The van der Waals surface area contributed by atoms with Crippen molar-refractivity contribution in [3.63, 3.8) is 0 Å². The third kappa shape index (κ3) is 1.51. The molecule has 0 aromatic carbocycles. The van der Waals surface area contributed by atoms with E-state index in [2.05, 4.69) is 11.3 Å². The molecule has 1 unspecified atom stereocenters. The van der Waals surface area contributed by atoms with Gasteiger partial charge in [0.2, 0.25) is 0 Å². The largest absolute Gasteiger partial charge is 0.229 e. The summed E-state index contributed by atoms with van der Waals surface area (Å²) >= 11 is 1.74. The molecule has 0 aliphatic carbocycles. The molecule has 46 valence electrons. The molecule has 0 fully saturated rings. The van der Waals surface area contributed by atoms with Crippen molar-refractivity contribution in [3.8, 4) is 0 Å². The minimum Gasteiger partial charge on any atom is -0.229 e. The Morgan fingerprint density at radius 3 is 3.25 bits per heavy atom. The molecule has 0 aromatic heterocycles. The van der Waals surface area contributed by atoms with Gasteiger partial charge < -0.3 is 0 Å². The van der Waals surface area contributed by atoms with Crippen molar-refractivity contribution < 1.29 is 0 Å². The zero-order valence-electron chi connectivity index (χ0n) is 5.13. The third-order valence-corrected chi connectivity index (χ3v) is 2.26. The highest BCUT2D eigenvalue weighted by molar-refractivity contribution is 7.99. The average molecular weight is 129 g/mol. The van der Waals surface area contributed by atoms with Gasteiger partial charge in [-0.15, -0.1) is 0 Å². The molecule has 0 saturated carbocycles. The van der Waals surface area contributed by atoms with E-state index in [-0.39, 0.29) is 0 Å². The third-order valence-electron chi connectivity index (χ3n) is 1.26. The Labute approximate surface area is 54.7 Å². The quantitative estimate of drug-likeness (QED) is 0.521. The van der Waals surface area contributed by atoms with Crippen LogP contribution in [0.3, 0.4) is 0 Å². The smallest absolute Gasteiger partial charge is 0.0316 e. The minimum absolute atomic E-state index is 0.806. The molecule has 2 heteroatoms. The first-order valence-electron chi connectivity index (χ1n) is 3.11. The van der Waals surface area contributed by atoms with E-state index in [1.807, 2.05) is 6.21 Å². The maximum Gasteiger partial charge on any atom is 0.0316 e. The first-order valence-corrected chi connectivity index (χ1v) is 3.94. The Morgan fingerprint density at radius 2 is 2.75 bits per heavy atom. The first-order chi connectivity index (χ1) is 3.93. The summed E-state index contributed by atoms with van der Waals surface area (Å²) in [6, 6.07) is 0. The summed E-state index contributed by atoms with van der Waals surface area (Å²) < 4.78 is 4.08. The molecule has 0 aromatic rings. The molecule has 0 saturated heterocycles. The highest BCUT2D eigenvalue weighted by atomic mass is 32.2. The molecule has 1 nitrogen and oxygen atoms in total. The van der Waals surface area contributed by atoms with E-state index in [0.717, 1.165) is 5.25 Å². The van der Waals surface area contributed by atoms with Crippen molar-refractivity contribution in [2.45, 2.75) is 31.4 Å². The number of rotatable bonds is 2. The Kier molecular flexibility index (Phi) is 2.40. The summed E-state index contributed by atoms with van der Waals surface area (Å²) in [5, 5.41) is 0.806. The van der Waals surface area contributed by atoms with Crippen molar-refractivity contribution >= 4 is 18.2 Å². The molecule has 0 bridgehead atoms. The molecule has 1 aliphatic rings. The molecule has 1 atom stereocenters. The predicted molar refractivity (Wildman–Crippen MR) is 39.4 cm³/mol. The molecule has 0 N–H and O–H groups in total. The van der Waals surface area contributed by atoms with E-state index in [9.17, 15) is 0 Å². The van der Waals surface area contributed by atoms with Crippen molar-refractivity contribution in [2.24, 2.45) is 4.40 Å². The lowest BCUT2D eigenvalue weighted by Gasteiger charge is -2.00. The van der Waals surface area contributed by atoms with Crippen LogP contribution in [0.2, 0.25) is 0 Å². The fourth-order valence-electron chi connectivity index (χ4n) is 0.825.